The zero-order valence-electron chi connectivity index (χ0n) is 17.4. The van der Waals surface area contributed by atoms with Gasteiger partial charge in [-0.05, 0) is 17.7 Å². The van der Waals surface area contributed by atoms with E-state index >= 15 is 0 Å². The molecule has 4 rings (SSSR count). The van der Waals surface area contributed by atoms with Crippen molar-refractivity contribution in [2.75, 3.05) is 19.5 Å². The summed E-state index contributed by atoms with van der Waals surface area (Å²) in [7, 11) is 3.21. The summed E-state index contributed by atoms with van der Waals surface area (Å²) in [6, 6.07) is 19.8. The molecule has 0 bridgehead atoms. The minimum Gasteiger partial charge on any atom is -0.497 e. The Hall–Kier alpha value is -3.85. The first kappa shape index (κ1) is 21.4. The fourth-order valence-electron chi connectivity index (χ4n) is 3.09. The summed E-state index contributed by atoms with van der Waals surface area (Å²) in [6.07, 6.45) is 0. The predicted molar refractivity (Wildman–Crippen MR) is 125 cm³/mol. The van der Waals surface area contributed by atoms with Crippen molar-refractivity contribution < 1.29 is 14.4 Å². The van der Waals surface area contributed by atoms with Gasteiger partial charge in [0.25, 0.3) is 5.69 Å². The van der Waals surface area contributed by atoms with Crippen LogP contribution in [0.4, 0.5) is 17.2 Å². The highest BCUT2D eigenvalue weighted by Crippen LogP contribution is 2.32. The molecule has 3 aromatic carbocycles. The van der Waals surface area contributed by atoms with E-state index in [1.54, 1.807) is 32.4 Å². The van der Waals surface area contributed by atoms with Gasteiger partial charge in [0, 0.05) is 47.2 Å². The largest absolute Gasteiger partial charge is 0.497 e. The second-order valence-electron chi connectivity index (χ2n) is 6.81. The van der Waals surface area contributed by atoms with Crippen LogP contribution in [0, 0.1) is 10.1 Å². The number of anilines is 2. The van der Waals surface area contributed by atoms with Crippen LogP contribution in [-0.4, -0.2) is 29.1 Å². The summed E-state index contributed by atoms with van der Waals surface area (Å²) in [5.41, 5.74) is 2.60. The van der Waals surface area contributed by atoms with Crippen LogP contribution in [0.2, 0.25) is 0 Å². The van der Waals surface area contributed by atoms with Gasteiger partial charge in [0.15, 0.2) is 5.16 Å². The van der Waals surface area contributed by atoms with Gasteiger partial charge in [0.1, 0.15) is 17.3 Å². The summed E-state index contributed by atoms with van der Waals surface area (Å²) in [4.78, 5) is 19.8. The van der Waals surface area contributed by atoms with Crippen molar-refractivity contribution in [2.24, 2.45) is 0 Å². The Morgan fingerprint density at radius 2 is 1.66 bits per heavy atom. The van der Waals surface area contributed by atoms with Crippen molar-refractivity contribution in [1.82, 2.24) is 9.97 Å². The minimum absolute atomic E-state index is 0.0703. The number of rotatable bonds is 8. The van der Waals surface area contributed by atoms with Gasteiger partial charge >= 0.3 is 0 Å². The number of hydrogen-bond acceptors (Lipinski definition) is 8. The summed E-state index contributed by atoms with van der Waals surface area (Å²) in [5.74, 6) is 2.58. The number of fused-ring (bicyclic) bond motifs is 1. The Morgan fingerprint density at radius 1 is 0.969 bits per heavy atom. The SMILES string of the molecule is COc1cc(Nc2nc(SCc3ccc([N+](=O)[O-])cc3)nc3ccccc23)cc(OC)c1. The van der Waals surface area contributed by atoms with Crippen LogP contribution in [0.15, 0.2) is 71.9 Å². The number of nitrogens with one attached hydrogen (secondary N) is 1. The Bertz CT molecular complexity index is 1240. The zero-order chi connectivity index (χ0) is 22.5. The van der Waals surface area contributed by atoms with Gasteiger partial charge in [0.05, 0.1) is 24.7 Å². The number of nitro groups is 1. The van der Waals surface area contributed by atoms with E-state index < -0.39 is 4.92 Å². The molecular weight excluding hydrogens is 428 g/mol. The summed E-state index contributed by atoms with van der Waals surface area (Å²) < 4.78 is 10.7. The Kier molecular flexibility index (Phi) is 6.37. The lowest BCUT2D eigenvalue weighted by atomic mass is 10.2. The van der Waals surface area contributed by atoms with E-state index in [0.29, 0.717) is 28.2 Å². The Labute approximate surface area is 188 Å². The molecular formula is C23H20N4O4S. The van der Waals surface area contributed by atoms with Gasteiger partial charge in [-0.25, -0.2) is 9.97 Å². The standard InChI is InChI=1S/C23H20N4O4S/c1-30-18-11-16(12-19(13-18)31-2)24-22-20-5-3-4-6-21(20)25-23(26-22)32-14-15-7-9-17(10-8-15)27(28)29/h3-13H,14H2,1-2H3,(H,24,25,26). The Balaban J connectivity index is 1.62. The van der Waals surface area contributed by atoms with Crippen molar-refractivity contribution >= 4 is 39.9 Å². The lowest BCUT2D eigenvalue weighted by Gasteiger charge is -2.13. The lowest BCUT2D eigenvalue weighted by Crippen LogP contribution is -2.00. The number of methoxy groups -OCH3 is 2. The highest BCUT2D eigenvalue weighted by atomic mass is 32.2. The molecule has 0 saturated heterocycles. The van der Waals surface area contributed by atoms with Gasteiger partial charge in [-0.15, -0.1) is 0 Å². The molecule has 32 heavy (non-hydrogen) atoms. The second kappa shape index (κ2) is 9.52. The molecule has 0 aliphatic rings. The summed E-state index contributed by atoms with van der Waals surface area (Å²) in [6.45, 7) is 0. The van der Waals surface area contributed by atoms with E-state index in [2.05, 4.69) is 10.3 Å². The maximum Gasteiger partial charge on any atom is 0.269 e. The number of nitrogens with zero attached hydrogens (tertiary/aromatic N) is 3. The van der Waals surface area contributed by atoms with Crippen molar-refractivity contribution in [3.63, 3.8) is 0 Å². The molecule has 0 aliphatic carbocycles. The lowest BCUT2D eigenvalue weighted by molar-refractivity contribution is -0.384. The maximum atomic E-state index is 10.8. The quantitative estimate of drug-likeness (QED) is 0.161. The molecule has 0 unspecified atom stereocenters. The Morgan fingerprint density at radius 3 is 2.31 bits per heavy atom. The number of ether oxygens (including phenoxy) is 2. The van der Waals surface area contributed by atoms with Gasteiger partial charge in [-0.2, -0.15) is 0 Å². The summed E-state index contributed by atoms with van der Waals surface area (Å²) in [5, 5.41) is 15.7. The van der Waals surface area contributed by atoms with Gasteiger partial charge in [-0.1, -0.05) is 36.0 Å². The van der Waals surface area contributed by atoms with Crippen molar-refractivity contribution in [3.8, 4) is 11.5 Å². The molecule has 1 N–H and O–H groups in total. The smallest absolute Gasteiger partial charge is 0.269 e. The van der Waals surface area contributed by atoms with Gasteiger partial charge in [0.2, 0.25) is 0 Å². The fourth-order valence-corrected chi connectivity index (χ4v) is 3.90. The van der Waals surface area contributed by atoms with Crippen molar-refractivity contribution in [3.05, 3.63) is 82.4 Å². The van der Waals surface area contributed by atoms with Gasteiger partial charge in [-0.3, -0.25) is 10.1 Å². The van der Waals surface area contributed by atoms with E-state index in [1.807, 2.05) is 36.4 Å². The number of hydrogen-bond donors (Lipinski definition) is 1. The molecule has 1 heterocycles. The molecule has 1 aromatic heterocycles. The summed E-state index contributed by atoms with van der Waals surface area (Å²) >= 11 is 1.46. The third-order valence-electron chi connectivity index (χ3n) is 4.71. The molecule has 9 heteroatoms. The predicted octanol–water partition coefficient (Wildman–Crippen LogP) is 5.59. The topological polar surface area (TPSA) is 99.4 Å². The monoisotopic (exact) mass is 448 g/mol. The number of benzene rings is 3. The first-order valence-electron chi connectivity index (χ1n) is 9.69. The fraction of sp³-hybridized carbons (Fsp3) is 0.130. The maximum absolute atomic E-state index is 10.8. The molecule has 4 aromatic rings. The van der Waals surface area contributed by atoms with Crippen molar-refractivity contribution in [2.45, 2.75) is 10.9 Å². The van der Waals surface area contributed by atoms with Crippen molar-refractivity contribution in [1.29, 1.82) is 0 Å². The van der Waals surface area contributed by atoms with Crippen LogP contribution in [0.1, 0.15) is 5.56 Å². The average Bonchev–Trinajstić information content (AvgIpc) is 2.82. The van der Waals surface area contributed by atoms with Crippen LogP contribution in [0.3, 0.4) is 0 Å². The molecule has 0 amide bonds. The number of para-hydroxylation sites is 1. The normalized spacial score (nSPS) is 10.7. The third kappa shape index (κ3) is 4.89. The molecule has 0 saturated carbocycles. The third-order valence-corrected chi connectivity index (χ3v) is 5.63. The van der Waals surface area contributed by atoms with Crippen LogP contribution in [0.25, 0.3) is 10.9 Å². The molecule has 8 nitrogen and oxygen atoms in total. The van der Waals surface area contributed by atoms with Crippen LogP contribution in [-0.2, 0) is 5.75 Å². The number of aromatic nitrogens is 2. The number of thioether (sulfide) groups is 1. The molecule has 162 valence electrons. The molecule has 0 atom stereocenters. The molecule has 0 spiro atoms. The van der Waals surface area contributed by atoms with Crippen LogP contribution >= 0.6 is 11.8 Å². The number of non-ortho nitro benzene ring substituents is 1. The van der Waals surface area contributed by atoms with Gasteiger partial charge < -0.3 is 14.8 Å². The molecule has 0 fully saturated rings. The number of nitro benzene ring substituents is 1. The van der Waals surface area contributed by atoms with E-state index in [-0.39, 0.29) is 5.69 Å². The zero-order valence-corrected chi connectivity index (χ0v) is 18.3. The van der Waals surface area contributed by atoms with E-state index in [0.717, 1.165) is 22.2 Å². The first-order chi connectivity index (χ1) is 15.6. The van der Waals surface area contributed by atoms with E-state index in [4.69, 9.17) is 14.5 Å². The van der Waals surface area contributed by atoms with E-state index in [1.165, 1.54) is 23.9 Å². The highest BCUT2D eigenvalue weighted by Gasteiger charge is 2.11. The second-order valence-corrected chi connectivity index (χ2v) is 7.75. The first-order valence-corrected chi connectivity index (χ1v) is 10.7. The van der Waals surface area contributed by atoms with Crippen LogP contribution < -0.4 is 14.8 Å². The van der Waals surface area contributed by atoms with Crippen LogP contribution in [0.5, 0.6) is 11.5 Å². The minimum atomic E-state index is -0.408. The molecule has 0 radical (unpaired) electrons. The highest BCUT2D eigenvalue weighted by molar-refractivity contribution is 7.98. The molecule has 0 aliphatic heterocycles. The van der Waals surface area contributed by atoms with E-state index in [9.17, 15) is 10.1 Å². The average molecular weight is 449 g/mol.